The van der Waals surface area contributed by atoms with Crippen LogP contribution in [0.1, 0.15) is 12.5 Å². The van der Waals surface area contributed by atoms with E-state index >= 15 is 0 Å². The number of hydrogen-bond donors (Lipinski definition) is 1. The molecule has 1 atom stereocenters. The molecule has 0 radical (unpaired) electrons. The number of nitrogens with zero attached hydrogens (tertiary/aromatic N) is 1. The SMILES string of the molecule is COCCN(Cc1cc(Cl)c(O)c(OC)c1)C(C)COC. The average molecular weight is 318 g/mol. The van der Waals surface area contributed by atoms with Crippen molar-refractivity contribution < 1.29 is 19.3 Å². The maximum atomic E-state index is 9.78. The van der Waals surface area contributed by atoms with Crippen LogP contribution in [0.5, 0.6) is 11.5 Å². The van der Waals surface area contributed by atoms with E-state index in [2.05, 4.69) is 11.8 Å². The van der Waals surface area contributed by atoms with Gasteiger partial charge in [0.2, 0.25) is 0 Å². The maximum absolute atomic E-state index is 9.78. The molecule has 1 N–H and O–H groups in total. The first kappa shape index (κ1) is 18.0. The van der Waals surface area contributed by atoms with Crippen LogP contribution < -0.4 is 4.74 Å². The third-order valence-electron chi connectivity index (χ3n) is 3.31. The zero-order valence-electron chi connectivity index (χ0n) is 13.1. The van der Waals surface area contributed by atoms with Crippen molar-refractivity contribution in [3.8, 4) is 11.5 Å². The molecular formula is C15H24ClNO4. The van der Waals surface area contributed by atoms with Crippen LogP contribution in [0.4, 0.5) is 0 Å². The van der Waals surface area contributed by atoms with E-state index in [1.807, 2.05) is 0 Å². The molecule has 0 saturated heterocycles. The van der Waals surface area contributed by atoms with Crippen molar-refractivity contribution in [2.75, 3.05) is 41.1 Å². The fourth-order valence-corrected chi connectivity index (χ4v) is 2.35. The van der Waals surface area contributed by atoms with Crippen LogP contribution in [0, 0.1) is 0 Å². The molecule has 21 heavy (non-hydrogen) atoms. The second-order valence-electron chi connectivity index (χ2n) is 4.90. The molecule has 0 bridgehead atoms. The lowest BCUT2D eigenvalue weighted by molar-refractivity contribution is 0.0704. The molecule has 0 amide bonds. The molecule has 1 aromatic carbocycles. The highest BCUT2D eigenvalue weighted by molar-refractivity contribution is 6.32. The van der Waals surface area contributed by atoms with Crippen LogP contribution >= 0.6 is 11.6 Å². The highest BCUT2D eigenvalue weighted by atomic mass is 35.5. The van der Waals surface area contributed by atoms with Crippen molar-refractivity contribution in [1.29, 1.82) is 0 Å². The molecule has 1 rings (SSSR count). The van der Waals surface area contributed by atoms with E-state index in [0.29, 0.717) is 25.5 Å². The summed E-state index contributed by atoms with van der Waals surface area (Å²) in [6, 6.07) is 3.78. The summed E-state index contributed by atoms with van der Waals surface area (Å²) in [5.74, 6) is 0.347. The molecule has 1 aromatic rings. The fraction of sp³-hybridized carbons (Fsp3) is 0.600. The number of halogens is 1. The summed E-state index contributed by atoms with van der Waals surface area (Å²) in [6.45, 7) is 4.81. The smallest absolute Gasteiger partial charge is 0.176 e. The van der Waals surface area contributed by atoms with Gasteiger partial charge in [0.1, 0.15) is 0 Å². The quantitative estimate of drug-likeness (QED) is 0.758. The number of benzene rings is 1. The molecule has 0 spiro atoms. The van der Waals surface area contributed by atoms with E-state index in [1.54, 1.807) is 26.4 Å². The lowest BCUT2D eigenvalue weighted by Gasteiger charge is -2.28. The average Bonchev–Trinajstić information content (AvgIpc) is 2.47. The Kier molecular flexibility index (Phi) is 7.82. The van der Waals surface area contributed by atoms with E-state index < -0.39 is 0 Å². The van der Waals surface area contributed by atoms with Crippen LogP contribution in [0.2, 0.25) is 5.02 Å². The first-order chi connectivity index (χ1) is 10.0. The molecule has 1 unspecified atom stereocenters. The Hall–Kier alpha value is -1.01. The van der Waals surface area contributed by atoms with Crippen molar-refractivity contribution in [3.63, 3.8) is 0 Å². The van der Waals surface area contributed by atoms with Gasteiger partial charge in [-0.2, -0.15) is 0 Å². The van der Waals surface area contributed by atoms with Gasteiger partial charge in [0, 0.05) is 33.4 Å². The topological polar surface area (TPSA) is 51.2 Å². The number of phenols is 1. The van der Waals surface area contributed by atoms with E-state index in [1.165, 1.54) is 7.11 Å². The zero-order chi connectivity index (χ0) is 15.8. The van der Waals surface area contributed by atoms with Gasteiger partial charge in [-0.05, 0) is 24.6 Å². The molecule has 0 aliphatic rings. The molecule has 0 heterocycles. The van der Waals surface area contributed by atoms with Crippen LogP contribution in [-0.4, -0.2) is 57.1 Å². The Labute approximate surface area is 131 Å². The minimum atomic E-state index is -0.0312. The zero-order valence-corrected chi connectivity index (χ0v) is 13.8. The third-order valence-corrected chi connectivity index (χ3v) is 3.60. The minimum absolute atomic E-state index is 0.0312. The van der Waals surface area contributed by atoms with Gasteiger partial charge in [-0.25, -0.2) is 0 Å². The maximum Gasteiger partial charge on any atom is 0.176 e. The first-order valence-corrected chi connectivity index (χ1v) is 7.18. The Morgan fingerprint density at radius 3 is 2.52 bits per heavy atom. The highest BCUT2D eigenvalue weighted by Gasteiger charge is 2.16. The fourth-order valence-electron chi connectivity index (χ4n) is 2.12. The summed E-state index contributed by atoms with van der Waals surface area (Å²) in [6.07, 6.45) is 0. The lowest BCUT2D eigenvalue weighted by atomic mass is 10.1. The molecule has 120 valence electrons. The van der Waals surface area contributed by atoms with Gasteiger partial charge in [0.05, 0.1) is 25.3 Å². The van der Waals surface area contributed by atoms with Gasteiger partial charge in [0.15, 0.2) is 11.5 Å². The van der Waals surface area contributed by atoms with Crippen molar-refractivity contribution in [2.45, 2.75) is 19.5 Å². The van der Waals surface area contributed by atoms with Gasteiger partial charge in [-0.1, -0.05) is 11.6 Å². The largest absolute Gasteiger partial charge is 0.503 e. The normalized spacial score (nSPS) is 12.7. The molecule has 6 heteroatoms. The van der Waals surface area contributed by atoms with E-state index in [4.69, 9.17) is 25.8 Å². The van der Waals surface area contributed by atoms with Crippen LogP contribution in [0.3, 0.4) is 0 Å². The Bertz CT molecular complexity index is 442. The lowest BCUT2D eigenvalue weighted by Crippen LogP contribution is -2.38. The van der Waals surface area contributed by atoms with E-state index in [-0.39, 0.29) is 16.8 Å². The van der Waals surface area contributed by atoms with Crippen molar-refractivity contribution >= 4 is 11.6 Å². The minimum Gasteiger partial charge on any atom is -0.503 e. The number of hydrogen-bond acceptors (Lipinski definition) is 5. The number of phenolic OH excluding ortho intramolecular Hbond substituents is 1. The summed E-state index contributed by atoms with van der Waals surface area (Å²) >= 11 is 6.03. The number of rotatable bonds is 9. The second kappa shape index (κ2) is 9.10. The predicted octanol–water partition coefficient (Wildman–Crippen LogP) is 2.54. The Morgan fingerprint density at radius 1 is 1.24 bits per heavy atom. The predicted molar refractivity (Wildman–Crippen MR) is 83.3 cm³/mol. The standard InChI is InChI=1S/C15H24ClNO4/c1-11(10-20-3)17(5-6-19-2)9-12-7-13(16)15(18)14(8-12)21-4/h7-8,11,18H,5-6,9-10H2,1-4H3. The molecule has 0 aliphatic heterocycles. The molecule has 5 nitrogen and oxygen atoms in total. The first-order valence-electron chi connectivity index (χ1n) is 6.80. The van der Waals surface area contributed by atoms with E-state index in [0.717, 1.165) is 12.1 Å². The van der Waals surface area contributed by atoms with Gasteiger partial charge >= 0.3 is 0 Å². The molecule has 0 aliphatic carbocycles. The molecule has 0 fully saturated rings. The van der Waals surface area contributed by atoms with Crippen LogP contribution in [0.15, 0.2) is 12.1 Å². The van der Waals surface area contributed by atoms with Crippen molar-refractivity contribution in [1.82, 2.24) is 4.90 Å². The van der Waals surface area contributed by atoms with Gasteiger partial charge in [0.25, 0.3) is 0 Å². The monoisotopic (exact) mass is 317 g/mol. The Morgan fingerprint density at radius 2 is 1.95 bits per heavy atom. The van der Waals surface area contributed by atoms with E-state index in [9.17, 15) is 5.11 Å². The second-order valence-corrected chi connectivity index (χ2v) is 5.30. The molecular weight excluding hydrogens is 294 g/mol. The highest BCUT2D eigenvalue weighted by Crippen LogP contribution is 2.35. The molecule has 0 saturated carbocycles. The number of methoxy groups -OCH3 is 3. The number of ether oxygens (including phenoxy) is 3. The molecule has 0 aromatic heterocycles. The van der Waals surface area contributed by atoms with Crippen molar-refractivity contribution in [3.05, 3.63) is 22.7 Å². The summed E-state index contributed by atoms with van der Waals surface area (Å²) in [5.41, 5.74) is 0.966. The van der Waals surface area contributed by atoms with Crippen LogP contribution in [0.25, 0.3) is 0 Å². The van der Waals surface area contributed by atoms with Crippen LogP contribution in [-0.2, 0) is 16.0 Å². The van der Waals surface area contributed by atoms with Gasteiger partial charge in [-0.3, -0.25) is 4.90 Å². The van der Waals surface area contributed by atoms with Crippen molar-refractivity contribution in [2.24, 2.45) is 0 Å². The summed E-state index contributed by atoms with van der Waals surface area (Å²) < 4.78 is 15.5. The summed E-state index contributed by atoms with van der Waals surface area (Å²) in [4.78, 5) is 2.23. The summed E-state index contributed by atoms with van der Waals surface area (Å²) in [7, 11) is 4.87. The summed E-state index contributed by atoms with van der Waals surface area (Å²) in [5, 5.41) is 10.1. The Balaban J connectivity index is 2.89. The third kappa shape index (κ3) is 5.36. The van der Waals surface area contributed by atoms with Gasteiger partial charge < -0.3 is 19.3 Å². The van der Waals surface area contributed by atoms with Gasteiger partial charge in [-0.15, -0.1) is 0 Å². The number of aromatic hydroxyl groups is 1.